The van der Waals surface area contributed by atoms with Gasteiger partial charge in [-0.15, -0.1) is 0 Å². The fraction of sp³-hybridized carbons (Fsp3) is 0.632. The fourth-order valence-corrected chi connectivity index (χ4v) is 2.66. The van der Waals surface area contributed by atoms with Gasteiger partial charge < -0.3 is 49.1 Å². The van der Waals surface area contributed by atoms with Gasteiger partial charge in [-0.3, -0.25) is 33.8 Å². The molecular weight excluding hydrogens is 468 g/mol. The van der Waals surface area contributed by atoms with Crippen molar-refractivity contribution in [2.75, 3.05) is 6.54 Å². The van der Waals surface area contributed by atoms with E-state index in [1.54, 1.807) is 0 Å². The van der Waals surface area contributed by atoms with E-state index >= 15 is 0 Å². The molecule has 0 saturated carbocycles. The number of amides is 4. The Morgan fingerprint density at radius 3 is 1.86 bits per heavy atom. The molecule has 0 aromatic heterocycles. The zero-order valence-electron chi connectivity index (χ0n) is 19.4. The molecular formula is C19H34N8O8. The Morgan fingerprint density at radius 2 is 1.34 bits per heavy atom. The lowest BCUT2D eigenvalue weighted by Crippen LogP contribution is -2.57. The Morgan fingerprint density at radius 1 is 0.800 bits per heavy atom. The van der Waals surface area contributed by atoms with Gasteiger partial charge >= 0.3 is 11.9 Å². The molecule has 0 bridgehead atoms. The van der Waals surface area contributed by atoms with Gasteiger partial charge in [-0.05, 0) is 32.6 Å². The van der Waals surface area contributed by atoms with Gasteiger partial charge in [-0.25, -0.2) is 0 Å². The smallest absolute Gasteiger partial charge is 0.325 e. The molecule has 4 amide bonds. The number of carboxylic acid groups (broad SMARTS) is 2. The number of nitrogens with one attached hydrogen (secondary N) is 3. The monoisotopic (exact) mass is 502 g/mol. The van der Waals surface area contributed by atoms with Crippen LogP contribution in [0.15, 0.2) is 4.99 Å². The molecule has 0 aliphatic carbocycles. The maximum Gasteiger partial charge on any atom is 0.325 e. The van der Waals surface area contributed by atoms with Crippen molar-refractivity contribution >= 4 is 41.5 Å². The summed E-state index contributed by atoms with van der Waals surface area (Å²) in [7, 11) is 0. The minimum Gasteiger partial charge on any atom is -0.481 e. The summed E-state index contributed by atoms with van der Waals surface area (Å²) >= 11 is 0. The molecule has 4 unspecified atom stereocenters. The third-order valence-corrected chi connectivity index (χ3v) is 4.63. The first-order valence-electron chi connectivity index (χ1n) is 10.7. The van der Waals surface area contributed by atoms with Crippen LogP contribution in [0.4, 0.5) is 0 Å². The number of aliphatic imine (C=N–C) groups is 1. The minimum absolute atomic E-state index is 0.00961. The average molecular weight is 503 g/mol. The number of guanidine groups is 1. The Labute approximate surface area is 201 Å². The van der Waals surface area contributed by atoms with Gasteiger partial charge in [0, 0.05) is 19.4 Å². The van der Waals surface area contributed by atoms with Crippen LogP contribution in [0, 0.1) is 0 Å². The van der Waals surface area contributed by atoms with Crippen LogP contribution in [0.3, 0.4) is 0 Å². The summed E-state index contributed by atoms with van der Waals surface area (Å²) in [6.45, 7) is 1.33. The molecule has 0 aromatic rings. The fourth-order valence-electron chi connectivity index (χ4n) is 2.66. The van der Waals surface area contributed by atoms with Gasteiger partial charge in [0.1, 0.15) is 18.1 Å². The summed E-state index contributed by atoms with van der Waals surface area (Å²) in [6, 6.07) is -5.06. The predicted molar refractivity (Wildman–Crippen MR) is 122 cm³/mol. The van der Waals surface area contributed by atoms with Crippen LogP contribution >= 0.6 is 0 Å². The molecule has 13 N–H and O–H groups in total. The standard InChI is InChI=1S/C19H34N8O8/c1-9(18(34)35)25-16(32)12(5-6-13(21)28)27-17(33)11(3-2-8-24-19(22)23)26-15(31)10(20)4-7-14(29)30/h9-12H,2-8,20H2,1H3,(H2,21,28)(H,25,32)(H,26,31)(H,27,33)(H,29,30)(H,34,35)(H4,22,23,24). The second-order valence-corrected chi connectivity index (χ2v) is 7.68. The van der Waals surface area contributed by atoms with Crippen molar-refractivity contribution in [3.63, 3.8) is 0 Å². The van der Waals surface area contributed by atoms with Crippen molar-refractivity contribution in [1.82, 2.24) is 16.0 Å². The number of aliphatic carboxylic acids is 2. The van der Waals surface area contributed by atoms with Gasteiger partial charge in [0.05, 0.1) is 6.04 Å². The zero-order valence-corrected chi connectivity index (χ0v) is 19.4. The SMILES string of the molecule is CC(NC(=O)C(CCC(N)=O)NC(=O)C(CCCN=C(N)N)NC(=O)C(N)CCC(=O)O)C(=O)O. The molecule has 0 fully saturated rings. The van der Waals surface area contributed by atoms with Crippen molar-refractivity contribution in [3.8, 4) is 0 Å². The first-order valence-corrected chi connectivity index (χ1v) is 10.7. The lowest BCUT2D eigenvalue weighted by atomic mass is 10.1. The molecule has 0 aliphatic heterocycles. The number of carbonyl (C=O) groups is 6. The maximum atomic E-state index is 12.9. The van der Waals surface area contributed by atoms with E-state index in [0.717, 1.165) is 0 Å². The third kappa shape index (κ3) is 14.0. The van der Waals surface area contributed by atoms with Crippen LogP contribution < -0.4 is 38.9 Å². The van der Waals surface area contributed by atoms with E-state index in [9.17, 15) is 28.8 Å². The Kier molecular flexibility index (Phi) is 14.0. The molecule has 4 atom stereocenters. The lowest BCUT2D eigenvalue weighted by molar-refractivity contribution is -0.142. The predicted octanol–water partition coefficient (Wildman–Crippen LogP) is -3.94. The van der Waals surface area contributed by atoms with E-state index in [-0.39, 0.29) is 51.0 Å². The van der Waals surface area contributed by atoms with Gasteiger partial charge in [0.2, 0.25) is 23.6 Å². The second kappa shape index (κ2) is 15.8. The maximum absolute atomic E-state index is 12.9. The van der Waals surface area contributed by atoms with Gasteiger partial charge in [0.15, 0.2) is 5.96 Å². The van der Waals surface area contributed by atoms with E-state index < -0.39 is 59.7 Å². The van der Waals surface area contributed by atoms with Crippen molar-refractivity contribution in [1.29, 1.82) is 0 Å². The van der Waals surface area contributed by atoms with Crippen LogP contribution in [-0.2, 0) is 28.8 Å². The van der Waals surface area contributed by atoms with Crippen molar-refractivity contribution in [3.05, 3.63) is 0 Å². The van der Waals surface area contributed by atoms with Crippen LogP contribution in [0.2, 0.25) is 0 Å². The number of primary amides is 1. The lowest BCUT2D eigenvalue weighted by Gasteiger charge is -2.24. The number of hydrogen-bond donors (Lipinski definition) is 9. The van der Waals surface area contributed by atoms with E-state index in [2.05, 4.69) is 20.9 Å². The van der Waals surface area contributed by atoms with Crippen LogP contribution in [0.25, 0.3) is 0 Å². The summed E-state index contributed by atoms with van der Waals surface area (Å²) < 4.78 is 0. The van der Waals surface area contributed by atoms with E-state index in [1.165, 1.54) is 6.92 Å². The molecule has 16 nitrogen and oxygen atoms in total. The summed E-state index contributed by atoms with van der Waals surface area (Å²) in [5.41, 5.74) is 21.3. The highest BCUT2D eigenvalue weighted by atomic mass is 16.4. The third-order valence-electron chi connectivity index (χ3n) is 4.63. The van der Waals surface area contributed by atoms with Crippen LogP contribution in [-0.4, -0.2) is 82.5 Å². The molecule has 35 heavy (non-hydrogen) atoms. The Bertz CT molecular complexity index is 815. The summed E-state index contributed by atoms with van der Waals surface area (Å²) in [5, 5.41) is 24.7. The second-order valence-electron chi connectivity index (χ2n) is 7.68. The number of nitrogens with two attached hydrogens (primary N) is 4. The molecule has 0 saturated heterocycles. The number of carboxylic acids is 2. The average Bonchev–Trinajstić information content (AvgIpc) is 2.75. The molecule has 0 aliphatic rings. The first-order chi connectivity index (χ1) is 16.2. The van der Waals surface area contributed by atoms with E-state index in [1.807, 2.05) is 0 Å². The molecule has 0 spiro atoms. The van der Waals surface area contributed by atoms with Gasteiger partial charge in [-0.2, -0.15) is 0 Å². The van der Waals surface area contributed by atoms with Gasteiger partial charge in [0.25, 0.3) is 0 Å². The van der Waals surface area contributed by atoms with E-state index in [4.69, 9.17) is 33.1 Å². The van der Waals surface area contributed by atoms with Crippen LogP contribution in [0.1, 0.15) is 45.4 Å². The Balaban J connectivity index is 5.52. The molecule has 0 rings (SSSR count). The number of nitrogens with zero attached hydrogens (tertiary/aromatic N) is 1. The highest BCUT2D eigenvalue weighted by molar-refractivity contribution is 5.94. The molecule has 16 heteroatoms. The number of carbonyl (C=O) groups excluding carboxylic acids is 4. The van der Waals surface area contributed by atoms with Crippen molar-refractivity contribution in [2.24, 2.45) is 27.9 Å². The topological polar surface area (TPSA) is 295 Å². The summed E-state index contributed by atoms with van der Waals surface area (Å²) in [6.07, 6.45) is -0.828. The molecule has 0 radical (unpaired) electrons. The zero-order chi connectivity index (χ0) is 27.1. The number of hydrogen-bond acceptors (Lipinski definition) is 8. The normalized spacial score (nSPS) is 13.9. The largest absolute Gasteiger partial charge is 0.481 e. The molecule has 198 valence electrons. The number of rotatable bonds is 17. The molecule has 0 aromatic carbocycles. The molecule has 0 heterocycles. The highest BCUT2D eigenvalue weighted by Crippen LogP contribution is 2.05. The van der Waals surface area contributed by atoms with Crippen molar-refractivity contribution in [2.45, 2.75) is 69.6 Å². The summed E-state index contributed by atoms with van der Waals surface area (Å²) in [5.74, 6) is -5.92. The Hall–Kier alpha value is -3.95. The quantitative estimate of drug-likeness (QED) is 0.0525. The minimum atomic E-state index is -1.34. The van der Waals surface area contributed by atoms with Gasteiger partial charge in [-0.1, -0.05) is 0 Å². The highest BCUT2D eigenvalue weighted by Gasteiger charge is 2.29. The van der Waals surface area contributed by atoms with Crippen molar-refractivity contribution < 1.29 is 39.0 Å². The first kappa shape index (κ1) is 31.0. The van der Waals surface area contributed by atoms with Crippen LogP contribution in [0.5, 0.6) is 0 Å². The summed E-state index contributed by atoms with van der Waals surface area (Å²) in [4.78, 5) is 74.5. The van der Waals surface area contributed by atoms with E-state index in [0.29, 0.717) is 0 Å².